The number of carbonyl (C=O) groups excluding carboxylic acids is 1. The summed E-state index contributed by atoms with van der Waals surface area (Å²) in [5, 5.41) is 2.78. The Bertz CT molecular complexity index is 567. The summed E-state index contributed by atoms with van der Waals surface area (Å²) in [6.45, 7) is 2.05. The van der Waals surface area contributed by atoms with Crippen molar-refractivity contribution in [1.82, 2.24) is 4.98 Å². The third-order valence-corrected chi connectivity index (χ3v) is 3.19. The van der Waals surface area contributed by atoms with Crippen molar-refractivity contribution in [3.63, 3.8) is 0 Å². The molecule has 0 saturated carbocycles. The number of pyridine rings is 1. The van der Waals surface area contributed by atoms with E-state index >= 15 is 0 Å². The molecule has 1 amide bonds. The lowest BCUT2D eigenvalue weighted by Crippen LogP contribution is -2.13. The first-order chi connectivity index (χ1) is 9.13. The second-order valence-electron chi connectivity index (χ2n) is 4.40. The van der Waals surface area contributed by atoms with Crippen molar-refractivity contribution in [3.05, 3.63) is 58.2 Å². The number of amides is 1. The normalized spacial score (nSPS) is 10.2. The van der Waals surface area contributed by atoms with Crippen molar-refractivity contribution in [2.75, 3.05) is 5.32 Å². The second-order valence-corrected chi connectivity index (χ2v) is 5.31. The maximum atomic E-state index is 11.8. The summed E-state index contributed by atoms with van der Waals surface area (Å²) < 4.78 is 0.894. The molecule has 0 fully saturated rings. The molecule has 0 aliphatic heterocycles. The van der Waals surface area contributed by atoms with Crippen LogP contribution in [0.25, 0.3) is 0 Å². The highest BCUT2D eigenvalue weighted by atomic mass is 79.9. The van der Waals surface area contributed by atoms with Crippen molar-refractivity contribution in [2.45, 2.75) is 19.8 Å². The highest BCUT2D eigenvalue weighted by molar-refractivity contribution is 9.10. The van der Waals surface area contributed by atoms with Gasteiger partial charge in [0.1, 0.15) is 5.82 Å². The summed E-state index contributed by atoms with van der Waals surface area (Å²) in [4.78, 5) is 15.9. The Hall–Kier alpha value is -1.68. The average Bonchev–Trinajstić information content (AvgIpc) is 2.39. The number of aromatic nitrogens is 1. The average molecular weight is 319 g/mol. The molecule has 0 spiro atoms. The van der Waals surface area contributed by atoms with Gasteiger partial charge in [0.05, 0.1) is 0 Å². The van der Waals surface area contributed by atoms with Crippen LogP contribution in [-0.2, 0) is 11.2 Å². The number of halogens is 1. The predicted molar refractivity (Wildman–Crippen MR) is 80.1 cm³/mol. The standard InChI is InChI=1S/C15H15BrN2O/c1-11-3-2-4-12(9-11)5-8-15(19)18-14-7-6-13(16)10-17-14/h2-4,6-7,9-10H,5,8H2,1H3,(H,17,18,19). The zero-order chi connectivity index (χ0) is 13.7. The summed E-state index contributed by atoms with van der Waals surface area (Å²) in [5.41, 5.74) is 2.39. The van der Waals surface area contributed by atoms with Crippen LogP contribution in [0.3, 0.4) is 0 Å². The number of hydrogen-bond donors (Lipinski definition) is 1. The first-order valence-electron chi connectivity index (χ1n) is 6.10. The molecule has 2 rings (SSSR count). The van der Waals surface area contributed by atoms with E-state index in [1.54, 1.807) is 12.3 Å². The number of rotatable bonds is 4. The van der Waals surface area contributed by atoms with Gasteiger partial charge in [-0.1, -0.05) is 29.8 Å². The van der Waals surface area contributed by atoms with Crippen LogP contribution >= 0.6 is 15.9 Å². The summed E-state index contributed by atoms with van der Waals surface area (Å²) >= 11 is 3.30. The zero-order valence-electron chi connectivity index (χ0n) is 10.7. The zero-order valence-corrected chi connectivity index (χ0v) is 12.3. The maximum absolute atomic E-state index is 11.8. The van der Waals surface area contributed by atoms with Crippen molar-refractivity contribution >= 4 is 27.7 Å². The molecule has 0 aliphatic carbocycles. The molecule has 19 heavy (non-hydrogen) atoms. The molecule has 2 aromatic rings. The molecule has 1 heterocycles. The van der Waals surface area contributed by atoms with Gasteiger partial charge in [-0.2, -0.15) is 0 Å². The van der Waals surface area contributed by atoms with E-state index < -0.39 is 0 Å². The minimum atomic E-state index is -0.0173. The van der Waals surface area contributed by atoms with Gasteiger partial charge in [-0.25, -0.2) is 4.98 Å². The fourth-order valence-corrected chi connectivity index (χ4v) is 2.02. The quantitative estimate of drug-likeness (QED) is 0.933. The van der Waals surface area contributed by atoms with Crippen molar-refractivity contribution in [2.24, 2.45) is 0 Å². The Labute approximate surface area is 121 Å². The number of nitrogens with one attached hydrogen (secondary N) is 1. The highest BCUT2D eigenvalue weighted by Gasteiger charge is 2.04. The van der Waals surface area contributed by atoms with Crippen molar-refractivity contribution in [1.29, 1.82) is 0 Å². The smallest absolute Gasteiger partial charge is 0.225 e. The van der Waals surface area contributed by atoms with E-state index in [2.05, 4.69) is 45.3 Å². The SMILES string of the molecule is Cc1cccc(CCC(=O)Nc2ccc(Br)cn2)c1. The summed E-state index contributed by atoms with van der Waals surface area (Å²) in [6.07, 6.45) is 2.86. The molecule has 98 valence electrons. The van der Waals surface area contributed by atoms with Gasteiger partial charge in [-0.05, 0) is 47.0 Å². The molecule has 0 radical (unpaired) electrons. The predicted octanol–water partition coefficient (Wildman–Crippen LogP) is 3.72. The van der Waals surface area contributed by atoms with Crippen LogP contribution in [0.2, 0.25) is 0 Å². The number of nitrogens with zero attached hydrogens (tertiary/aromatic N) is 1. The third-order valence-electron chi connectivity index (χ3n) is 2.72. The van der Waals surface area contributed by atoms with Crippen LogP contribution < -0.4 is 5.32 Å². The fraction of sp³-hybridized carbons (Fsp3) is 0.200. The molecule has 0 unspecified atom stereocenters. The molecule has 1 aromatic carbocycles. The molecule has 0 bridgehead atoms. The van der Waals surface area contributed by atoms with Gasteiger partial charge in [0.2, 0.25) is 5.91 Å². The van der Waals surface area contributed by atoms with Crippen molar-refractivity contribution < 1.29 is 4.79 Å². The number of carbonyl (C=O) groups is 1. The van der Waals surface area contributed by atoms with Gasteiger partial charge in [-0.3, -0.25) is 4.79 Å². The Morgan fingerprint density at radius 1 is 1.32 bits per heavy atom. The van der Waals surface area contributed by atoms with Gasteiger partial charge in [-0.15, -0.1) is 0 Å². The van der Waals surface area contributed by atoms with E-state index in [1.807, 2.05) is 18.2 Å². The molecule has 0 saturated heterocycles. The Morgan fingerprint density at radius 2 is 2.16 bits per heavy atom. The van der Waals surface area contributed by atoms with Crippen LogP contribution in [0.4, 0.5) is 5.82 Å². The van der Waals surface area contributed by atoms with Gasteiger partial charge >= 0.3 is 0 Å². The van der Waals surface area contributed by atoms with E-state index in [0.29, 0.717) is 12.2 Å². The van der Waals surface area contributed by atoms with E-state index in [4.69, 9.17) is 0 Å². The highest BCUT2D eigenvalue weighted by Crippen LogP contribution is 2.11. The Balaban J connectivity index is 1.86. The fourth-order valence-electron chi connectivity index (χ4n) is 1.78. The molecule has 3 nitrogen and oxygen atoms in total. The molecule has 4 heteroatoms. The van der Waals surface area contributed by atoms with Crippen LogP contribution in [0.1, 0.15) is 17.5 Å². The van der Waals surface area contributed by atoms with Gasteiger partial charge in [0.25, 0.3) is 0 Å². The summed E-state index contributed by atoms with van der Waals surface area (Å²) in [7, 11) is 0. The molecular weight excluding hydrogens is 304 g/mol. The van der Waals surface area contributed by atoms with E-state index in [-0.39, 0.29) is 5.91 Å². The van der Waals surface area contributed by atoms with E-state index in [0.717, 1.165) is 10.9 Å². The molecular formula is C15H15BrN2O. The van der Waals surface area contributed by atoms with Crippen LogP contribution in [-0.4, -0.2) is 10.9 Å². The Morgan fingerprint density at radius 3 is 2.84 bits per heavy atom. The second kappa shape index (κ2) is 6.48. The number of anilines is 1. The third kappa shape index (κ3) is 4.48. The minimum absolute atomic E-state index is 0.0173. The first kappa shape index (κ1) is 13.7. The summed E-state index contributed by atoms with van der Waals surface area (Å²) in [5.74, 6) is 0.564. The van der Waals surface area contributed by atoms with Crippen LogP contribution in [0.15, 0.2) is 47.1 Å². The number of aryl methyl sites for hydroxylation is 2. The molecule has 0 atom stereocenters. The topological polar surface area (TPSA) is 42.0 Å². The van der Waals surface area contributed by atoms with Crippen LogP contribution in [0.5, 0.6) is 0 Å². The Kier molecular flexibility index (Phi) is 4.68. The van der Waals surface area contributed by atoms with Gasteiger partial charge in [0, 0.05) is 17.1 Å². The lowest BCUT2D eigenvalue weighted by Gasteiger charge is -2.05. The largest absolute Gasteiger partial charge is 0.311 e. The number of hydrogen-bond acceptors (Lipinski definition) is 2. The molecule has 0 aliphatic rings. The van der Waals surface area contributed by atoms with E-state index in [1.165, 1.54) is 11.1 Å². The monoisotopic (exact) mass is 318 g/mol. The number of benzene rings is 1. The van der Waals surface area contributed by atoms with Crippen LogP contribution in [0, 0.1) is 6.92 Å². The van der Waals surface area contributed by atoms with E-state index in [9.17, 15) is 4.79 Å². The first-order valence-corrected chi connectivity index (χ1v) is 6.90. The molecule has 1 N–H and O–H groups in total. The maximum Gasteiger partial charge on any atom is 0.225 e. The van der Waals surface area contributed by atoms with Gasteiger partial charge in [0.15, 0.2) is 0 Å². The lowest BCUT2D eigenvalue weighted by atomic mass is 10.1. The minimum Gasteiger partial charge on any atom is -0.311 e. The van der Waals surface area contributed by atoms with Gasteiger partial charge < -0.3 is 5.32 Å². The summed E-state index contributed by atoms with van der Waals surface area (Å²) in [6, 6.07) is 11.8. The molecule has 1 aromatic heterocycles. The lowest BCUT2D eigenvalue weighted by molar-refractivity contribution is -0.116. The van der Waals surface area contributed by atoms with Crippen molar-refractivity contribution in [3.8, 4) is 0 Å².